The highest BCUT2D eigenvalue weighted by molar-refractivity contribution is 14.1. The fourth-order valence-electron chi connectivity index (χ4n) is 2.08. The molecule has 0 saturated carbocycles. The highest BCUT2D eigenvalue weighted by atomic mass is 127. The Kier molecular flexibility index (Phi) is 7.85. The van der Waals surface area contributed by atoms with Crippen molar-refractivity contribution in [3.05, 3.63) is 54.7 Å². The van der Waals surface area contributed by atoms with Gasteiger partial charge in [-0.25, -0.2) is 17.6 Å². The minimum atomic E-state index is -0.704. The molecule has 0 spiro atoms. The van der Waals surface area contributed by atoms with Crippen molar-refractivity contribution in [1.29, 1.82) is 0 Å². The minimum absolute atomic E-state index is 0.313. The second-order valence-electron chi connectivity index (χ2n) is 5.35. The zero-order chi connectivity index (χ0) is 19.3. The first-order valence-electron chi connectivity index (χ1n) is 7.49. The molecule has 1 saturated heterocycles. The van der Waals surface area contributed by atoms with Crippen LogP contribution in [0.25, 0.3) is 0 Å². The number of rotatable bonds is 2. The number of anilines is 1. The molecule has 140 valence electrons. The molecule has 0 bridgehead atoms. The van der Waals surface area contributed by atoms with Gasteiger partial charge in [-0.2, -0.15) is 0 Å². The lowest BCUT2D eigenvalue weighted by Crippen LogP contribution is -2.09. The van der Waals surface area contributed by atoms with Gasteiger partial charge in [0.25, 0.3) is 0 Å². The summed E-state index contributed by atoms with van der Waals surface area (Å²) in [5.41, 5.74) is 4.27. The molecule has 0 aliphatic carbocycles. The van der Waals surface area contributed by atoms with E-state index in [1.807, 2.05) is 45.2 Å². The van der Waals surface area contributed by atoms with Crippen LogP contribution < -0.4 is 5.73 Å². The van der Waals surface area contributed by atoms with E-state index in [2.05, 4.69) is 10.3 Å². The van der Waals surface area contributed by atoms with Crippen LogP contribution in [0.1, 0.15) is 12.8 Å². The van der Waals surface area contributed by atoms with Gasteiger partial charge in [-0.15, -0.1) is 5.11 Å². The molecule has 0 aromatic heterocycles. The summed E-state index contributed by atoms with van der Waals surface area (Å²) in [6, 6.07) is 4.84. The van der Waals surface area contributed by atoms with Crippen molar-refractivity contribution in [2.24, 2.45) is 10.3 Å². The van der Waals surface area contributed by atoms with Crippen LogP contribution in [0.15, 0.2) is 34.6 Å². The number of nitrogens with zero attached hydrogens (tertiary/aromatic N) is 3. The largest absolute Gasteiger partial charge is 0.394 e. The van der Waals surface area contributed by atoms with E-state index in [-0.39, 0.29) is 5.69 Å². The quantitative estimate of drug-likeness (QED) is 0.207. The van der Waals surface area contributed by atoms with Crippen LogP contribution in [0.2, 0.25) is 0 Å². The molecule has 26 heavy (non-hydrogen) atoms. The lowest BCUT2D eigenvalue weighted by atomic mass is 10.3. The summed E-state index contributed by atoms with van der Waals surface area (Å²) in [5.74, 6) is -2.76. The van der Waals surface area contributed by atoms with Crippen molar-refractivity contribution in [3.63, 3.8) is 0 Å². The Morgan fingerprint density at radius 2 is 1.23 bits per heavy atom. The van der Waals surface area contributed by atoms with E-state index in [1.54, 1.807) is 5.01 Å². The zero-order valence-electron chi connectivity index (χ0n) is 13.3. The number of nitrogen functional groups attached to an aromatic ring is 1. The summed E-state index contributed by atoms with van der Waals surface area (Å²) in [5, 5.41) is 9.17. The average Bonchev–Trinajstić information content (AvgIpc) is 3.05. The number of hydrogen-bond acceptors (Lipinski definition) is 3. The molecule has 2 aromatic carbocycles. The first-order chi connectivity index (χ1) is 12.3. The van der Waals surface area contributed by atoms with E-state index in [4.69, 9.17) is 5.73 Å². The van der Waals surface area contributed by atoms with Crippen LogP contribution in [0.5, 0.6) is 0 Å². The second-order valence-corrected chi connectivity index (χ2v) is 7.84. The van der Waals surface area contributed by atoms with E-state index < -0.39 is 29.0 Å². The second kappa shape index (κ2) is 9.67. The van der Waals surface area contributed by atoms with E-state index in [9.17, 15) is 17.6 Å². The van der Waals surface area contributed by atoms with Gasteiger partial charge in [0.05, 0.1) is 0 Å². The number of hydrogen-bond donors (Lipinski definition) is 1. The molecular formula is C16H14F4I2N4. The Hall–Kier alpha value is -1.18. The maximum Gasteiger partial charge on any atom is 0.159 e. The van der Waals surface area contributed by atoms with Crippen LogP contribution in [0.3, 0.4) is 0 Å². The first kappa shape index (κ1) is 21.1. The summed E-state index contributed by atoms with van der Waals surface area (Å²) < 4.78 is 52.7. The highest BCUT2D eigenvalue weighted by Crippen LogP contribution is 2.25. The number of benzene rings is 2. The molecule has 3 rings (SSSR count). The molecule has 1 aliphatic rings. The topological polar surface area (TPSA) is 54.0 Å². The summed E-state index contributed by atoms with van der Waals surface area (Å²) >= 11 is 3.66. The third-order valence-corrected chi connectivity index (χ3v) is 4.62. The zero-order valence-corrected chi connectivity index (χ0v) is 17.6. The van der Waals surface area contributed by atoms with Gasteiger partial charge in [0.15, 0.2) is 17.3 Å². The first-order valence-corrected chi connectivity index (χ1v) is 9.65. The molecule has 10 heteroatoms. The Morgan fingerprint density at radius 3 is 1.69 bits per heavy atom. The molecule has 0 unspecified atom stereocenters. The molecular weight excluding hydrogens is 578 g/mol. The van der Waals surface area contributed by atoms with E-state index >= 15 is 0 Å². The Morgan fingerprint density at radius 1 is 0.808 bits per heavy atom. The monoisotopic (exact) mass is 592 g/mol. The van der Waals surface area contributed by atoms with Crippen LogP contribution in [-0.4, -0.2) is 18.1 Å². The molecule has 2 N–H and O–H groups in total. The molecule has 1 fully saturated rings. The summed E-state index contributed by atoms with van der Waals surface area (Å²) in [6.45, 7) is 1.61. The highest BCUT2D eigenvalue weighted by Gasteiger charge is 2.12. The van der Waals surface area contributed by atoms with Gasteiger partial charge >= 0.3 is 0 Å². The smallest absolute Gasteiger partial charge is 0.159 e. The van der Waals surface area contributed by atoms with Gasteiger partial charge < -0.3 is 5.73 Å². The minimum Gasteiger partial charge on any atom is -0.394 e. The van der Waals surface area contributed by atoms with Crippen molar-refractivity contribution in [1.82, 2.24) is 5.01 Å². The summed E-state index contributed by atoms with van der Waals surface area (Å²) in [4.78, 5) is 0. The lowest BCUT2D eigenvalue weighted by molar-refractivity contribution is 0.335. The maximum atomic E-state index is 13.4. The van der Waals surface area contributed by atoms with E-state index in [0.29, 0.717) is 7.14 Å². The normalized spacial score (nSPS) is 13.8. The predicted octanol–water partition coefficient (Wildman–Crippen LogP) is 5.82. The van der Waals surface area contributed by atoms with Gasteiger partial charge in [0.1, 0.15) is 17.3 Å². The molecule has 4 nitrogen and oxygen atoms in total. The van der Waals surface area contributed by atoms with E-state index in [1.165, 1.54) is 24.3 Å². The van der Waals surface area contributed by atoms with Gasteiger partial charge in [0.2, 0.25) is 0 Å². The standard InChI is InChI=1S/C10H10F2IN3.C6H4F2IN/c11-8-5-7(13)6-9(12)10(8)14-15-16-3-1-2-4-16;7-4-1-3(9)2-5(8)6(4)10/h5-6H,1-4H2;1-2H,10H2. The van der Waals surface area contributed by atoms with Crippen molar-refractivity contribution < 1.29 is 17.6 Å². The van der Waals surface area contributed by atoms with Crippen molar-refractivity contribution in [2.75, 3.05) is 18.8 Å². The Balaban J connectivity index is 0.000000209. The van der Waals surface area contributed by atoms with Gasteiger partial charge in [-0.1, -0.05) is 5.22 Å². The van der Waals surface area contributed by atoms with Crippen LogP contribution in [0, 0.1) is 30.4 Å². The van der Waals surface area contributed by atoms with Gasteiger partial charge in [0, 0.05) is 20.2 Å². The number of nitrogens with two attached hydrogens (primary N) is 1. The molecule has 0 atom stereocenters. The SMILES string of the molecule is Fc1cc(I)cc(F)c1N=NN1CCCC1.Nc1c(F)cc(I)cc1F. The fraction of sp³-hybridized carbons (Fsp3) is 0.250. The molecule has 0 amide bonds. The maximum absolute atomic E-state index is 13.4. The third kappa shape index (κ3) is 5.93. The Labute approximate surface area is 175 Å². The lowest BCUT2D eigenvalue weighted by Gasteiger charge is -2.07. The molecule has 2 aromatic rings. The number of halogens is 6. The summed E-state index contributed by atoms with van der Waals surface area (Å²) in [6.07, 6.45) is 2.10. The molecule has 0 radical (unpaired) electrons. The van der Waals surface area contributed by atoms with E-state index in [0.717, 1.165) is 25.9 Å². The van der Waals surface area contributed by atoms with Gasteiger partial charge in [-0.3, -0.25) is 5.01 Å². The van der Waals surface area contributed by atoms with Crippen LogP contribution in [-0.2, 0) is 0 Å². The van der Waals surface area contributed by atoms with Crippen molar-refractivity contribution in [3.8, 4) is 0 Å². The molecule has 1 heterocycles. The summed E-state index contributed by atoms with van der Waals surface area (Å²) in [7, 11) is 0. The van der Waals surface area contributed by atoms with Crippen molar-refractivity contribution in [2.45, 2.75) is 12.8 Å². The van der Waals surface area contributed by atoms with Crippen LogP contribution in [0.4, 0.5) is 28.9 Å². The average molecular weight is 592 g/mol. The fourth-order valence-corrected chi connectivity index (χ4v) is 3.17. The predicted molar refractivity (Wildman–Crippen MR) is 108 cm³/mol. The van der Waals surface area contributed by atoms with Gasteiger partial charge in [-0.05, 0) is 82.3 Å². The third-order valence-electron chi connectivity index (χ3n) is 3.38. The Bertz CT molecular complexity index is 765. The van der Waals surface area contributed by atoms with Crippen molar-refractivity contribution >= 4 is 56.6 Å². The van der Waals surface area contributed by atoms with Crippen LogP contribution >= 0.6 is 45.2 Å². The molecule has 1 aliphatic heterocycles.